The number of thiazole rings is 1. The van der Waals surface area contributed by atoms with Crippen molar-refractivity contribution in [1.29, 1.82) is 0 Å². The van der Waals surface area contributed by atoms with E-state index in [9.17, 15) is 0 Å². The molecular weight excluding hydrogens is 256 g/mol. The summed E-state index contributed by atoms with van der Waals surface area (Å²) in [5.74, 6) is 0. The highest BCUT2D eigenvalue weighted by Crippen LogP contribution is 2.20. The van der Waals surface area contributed by atoms with Crippen LogP contribution in [0.15, 0.2) is 6.58 Å². The number of hydrogen-bond donors (Lipinski definition) is 0. The Morgan fingerprint density at radius 2 is 2.40 bits per heavy atom. The molecule has 1 aromatic heterocycles. The molecule has 0 radical (unpaired) electrons. The van der Waals surface area contributed by atoms with Gasteiger partial charge in [0, 0.05) is 4.91 Å². The zero-order chi connectivity index (χ0) is 7.72. The smallest absolute Gasteiger partial charge is 0.177 e. The minimum atomic E-state index is 1.08. The van der Waals surface area contributed by atoms with Crippen LogP contribution in [-0.2, 0) is 0 Å². The molecule has 0 saturated heterocycles. The van der Waals surface area contributed by atoms with E-state index in [0.29, 0.717) is 0 Å². The number of allylic oxidation sites excluding steroid dienone is 1. The van der Waals surface area contributed by atoms with E-state index in [1.807, 2.05) is 14.8 Å². The third kappa shape index (κ3) is 1.60. The van der Waals surface area contributed by atoms with Gasteiger partial charge in [-0.3, -0.25) is 0 Å². The Morgan fingerprint density at radius 3 is 2.60 bits per heavy atom. The molecule has 1 aromatic rings. The Labute approximate surface area is 79.1 Å². The number of halogens is 1. The van der Waals surface area contributed by atoms with E-state index < -0.39 is 0 Å². The van der Waals surface area contributed by atoms with Crippen molar-refractivity contribution in [3.8, 4) is 0 Å². The summed E-state index contributed by atoms with van der Waals surface area (Å²) in [6.07, 6.45) is 0. The Bertz CT molecular complexity index is 269. The summed E-state index contributed by atoms with van der Waals surface area (Å²) in [7, 11) is 2.01. The minimum Gasteiger partial charge on any atom is -0.246 e. The first-order valence-electron chi connectivity index (χ1n) is 2.90. The number of hydrogen-bond acceptors (Lipinski definition) is 2. The lowest BCUT2D eigenvalue weighted by Crippen LogP contribution is -1.97. The Morgan fingerprint density at radius 1 is 1.80 bits per heavy atom. The van der Waals surface area contributed by atoms with Gasteiger partial charge in [0.15, 0.2) is 7.85 Å². The van der Waals surface area contributed by atoms with Crippen LogP contribution in [0, 0.1) is 3.70 Å². The molecule has 52 valence electrons. The molecule has 0 saturated carbocycles. The molecule has 10 heavy (non-hydrogen) atoms. The molecule has 1 rings (SSSR count). The fourth-order valence-electron chi connectivity index (χ4n) is 0.665. The second-order valence-corrected chi connectivity index (χ2v) is 4.36. The summed E-state index contributed by atoms with van der Waals surface area (Å²) in [6.45, 7) is 5.87. The normalized spacial score (nSPS) is 9.80. The lowest BCUT2D eigenvalue weighted by molar-refractivity contribution is 1.38. The van der Waals surface area contributed by atoms with Crippen molar-refractivity contribution >= 4 is 52.3 Å². The molecule has 1 heterocycles. The van der Waals surface area contributed by atoms with E-state index in [1.165, 1.54) is 4.88 Å². The number of nitrogens with zero attached hydrogens (tertiary/aromatic N) is 1. The van der Waals surface area contributed by atoms with E-state index in [0.717, 1.165) is 14.2 Å². The summed E-state index contributed by atoms with van der Waals surface area (Å²) in [6, 6.07) is 0. The third-order valence-corrected chi connectivity index (χ3v) is 3.36. The second kappa shape index (κ2) is 3.05. The van der Waals surface area contributed by atoms with Crippen LogP contribution < -0.4 is 4.91 Å². The molecule has 4 heteroatoms. The molecule has 0 bridgehead atoms. The molecule has 0 atom stereocenters. The van der Waals surface area contributed by atoms with Crippen molar-refractivity contribution in [2.45, 2.75) is 6.92 Å². The summed E-state index contributed by atoms with van der Waals surface area (Å²) >= 11 is 3.94. The molecule has 0 spiro atoms. The molecular formula is C6H7BINS. The highest BCUT2D eigenvalue weighted by atomic mass is 127. The van der Waals surface area contributed by atoms with Crippen LogP contribution >= 0.6 is 33.9 Å². The molecule has 1 nitrogen and oxygen atoms in total. The standard InChI is InChI=1S/C6H7BINS/c1-3(2)4-5(8)9-6(7)10-4/h1,7H2,2H3. The summed E-state index contributed by atoms with van der Waals surface area (Å²) in [4.78, 5) is 6.61. The van der Waals surface area contributed by atoms with Crippen LogP contribution in [0.25, 0.3) is 5.57 Å². The Hall–Kier alpha value is 0.165. The first-order chi connectivity index (χ1) is 4.61. The zero-order valence-corrected chi connectivity index (χ0v) is 8.91. The van der Waals surface area contributed by atoms with Gasteiger partial charge >= 0.3 is 0 Å². The highest BCUT2D eigenvalue weighted by molar-refractivity contribution is 14.1. The van der Waals surface area contributed by atoms with Crippen LogP contribution in [0.3, 0.4) is 0 Å². The molecule has 0 aliphatic rings. The predicted octanol–water partition coefficient (Wildman–Crippen LogP) is 1.04. The zero-order valence-electron chi connectivity index (χ0n) is 5.94. The van der Waals surface area contributed by atoms with Crippen molar-refractivity contribution in [1.82, 2.24) is 4.98 Å². The van der Waals surface area contributed by atoms with E-state index in [-0.39, 0.29) is 0 Å². The first kappa shape index (κ1) is 8.26. The van der Waals surface area contributed by atoms with Gasteiger partial charge in [0.05, 0.1) is 4.88 Å². The fraction of sp³-hybridized carbons (Fsp3) is 0.167. The minimum absolute atomic E-state index is 1.08. The van der Waals surface area contributed by atoms with Crippen molar-refractivity contribution in [2.75, 3.05) is 0 Å². The van der Waals surface area contributed by atoms with Gasteiger partial charge in [-0.25, -0.2) is 4.98 Å². The van der Waals surface area contributed by atoms with E-state index >= 15 is 0 Å². The van der Waals surface area contributed by atoms with Crippen LogP contribution in [0.2, 0.25) is 0 Å². The van der Waals surface area contributed by atoms with Gasteiger partial charge in [-0.05, 0) is 35.1 Å². The quantitative estimate of drug-likeness (QED) is 0.545. The average Bonchev–Trinajstić information content (AvgIpc) is 2.10. The predicted molar refractivity (Wildman–Crippen MR) is 57.7 cm³/mol. The second-order valence-electron chi connectivity index (χ2n) is 2.13. The van der Waals surface area contributed by atoms with Gasteiger partial charge in [-0.15, -0.1) is 11.3 Å². The lowest BCUT2D eigenvalue weighted by Gasteiger charge is -1.90. The average molecular weight is 263 g/mol. The molecule has 0 fully saturated rings. The largest absolute Gasteiger partial charge is 0.246 e. The number of rotatable bonds is 1. The maximum absolute atomic E-state index is 4.28. The number of aromatic nitrogens is 1. The van der Waals surface area contributed by atoms with Gasteiger partial charge < -0.3 is 0 Å². The maximum atomic E-state index is 4.28. The Kier molecular flexibility index (Phi) is 2.52. The topological polar surface area (TPSA) is 12.9 Å². The van der Waals surface area contributed by atoms with Gasteiger partial charge in [-0.1, -0.05) is 6.58 Å². The third-order valence-electron chi connectivity index (χ3n) is 1.08. The maximum Gasteiger partial charge on any atom is 0.177 e. The van der Waals surface area contributed by atoms with Crippen LogP contribution in [-0.4, -0.2) is 12.8 Å². The van der Waals surface area contributed by atoms with Gasteiger partial charge in [-0.2, -0.15) is 0 Å². The van der Waals surface area contributed by atoms with Crippen molar-refractivity contribution in [3.05, 3.63) is 15.2 Å². The molecule has 0 N–H and O–H groups in total. The van der Waals surface area contributed by atoms with Gasteiger partial charge in [0.25, 0.3) is 0 Å². The van der Waals surface area contributed by atoms with E-state index in [4.69, 9.17) is 0 Å². The Balaban J connectivity index is 3.15. The molecule has 0 amide bonds. The highest BCUT2D eigenvalue weighted by Gasteiger charge is 2.04. The fourth-order valence-corrected chi connectivity index (χ4v) is 2.72. The lowest BCUT2D eigenvalue weighted by atomic mass is 10.2. The summed E-state index contributed by atoms with van der Waals surface area (Å²) in [5, 5.41) is 0. The monoisotopic (exact) mass is 263 g/mol. The summed E-state index contributed by atoms with van der Waals surface area (Å²) < 4.78 is 1.08. The summed E-state index contributed by atoms with van der Waals surface area (Å²) in [5.41, 5.74) is 1.11. The van der Waals surface area contributed by atoms with Crippen molar-refractivity contribution in [3.63, 3.8) is 0 Å². The molecule has 0 aliphatic carbocycles. The van der Waals surface area contributed by atoms with Crippen molar-refractivity contribution in [2.24, 2.45) is 0 Å². The van der Waals surface area contributed by atoms with Crippen molar-refractivity contribution < 1.29 is 0 Å². The SMILES string of the molecule is Bc1nc(I)c(C(=C)C)s1. The first-order valence-corrected chi connectivity index (χ1v) is 4.79. The van der Waals surface area contributed by atoms with Gasteiger partial charge in [0.2, 0.25) is 0 Å². The van der Waals surface area contributed by atoms with Gasteiger partial charge in [0.1, 0.15) is 3.70 Å². The molecule has 0 aliphatic heterocycles. The van der Waals surface area contributed by atoms with Crippen LogP contribution in [0.5, 0.6) is 0 Å². The van der Waals surface area contributed by atoms with Crippen LogP contribution in [0.4, 0.5) is 0 Å². The molecule has 0 aromatic carbocycles. The molecule has 0 unspecified atom stereocenters. The van der Waals surface area contributed by atoms with E-state index in [2.05, 4.69) is 34.2 Å². The van der Waals surface area contributed by atoms with E-state index in [1.54, 1.807) is 11.3 Å². The van der Waals surface area contributed by atoms with Crippen LogP contribution in [0.1, 0.15) is 11.8 Å².